The number of nitrogen functional groups attached to an aromatic ring is 1. The molecule has 180 valence electrons. The van der Waals surface area contributed by atoms with E-state index in [-0.39, 0.29) is 22.3 Å². The van der Waals surface area contributed by atoms with Crippen LogP contribution in [0, 0.1) is 0 Å². The van der Waals surface area contributed by atoms with Crippen LogP contribution in [0.15, 0.2) is 6.33 Å². The van der Waals surface area contributed by atoms with E-state index in [0.29, 0.717) is 0 Å². The van der Waals surface area contributed by atoms with E-state index in [2.05, 4.69) is 28.1 Å². The highest BCUT2D eigenvalue weighted by atomic mass is 35.5. The number of imidazole rings is 1. The zero-order valence-corrected chi connectivity index (χ0v) is 18.7. The van der Waals surface area contributed by atoms with E-state index in [1.807, 2.05) is 0 Å². The summed E-state index contributed by atoms with van der Waals surface area (Å²) in [5.41, 5.74) is 5.83. The van der Waals surface area contributed by atoms with Gasteiger partial charge in [0.2, 0.25) is 5.28 Å². The molecule has 8 N–H and O–H groups in total. The van der Waals surface area contributed by atoms with Crippen LogP contribution in [0.2, 0.25) is 5.28 Å². The predicted octanol–water partition coefficient (Wildman–Crippen LogP) is -0.976. The fourth-order valence-electron chi connectivity index (χ4n) is 2.66. The van der Waals surface area contributed by atoms with Crippen LogP contribution in [0.25, 0.3) is 11.2 Å². The smallest absolute Gasteiger partial charge is 0.387 e. The number of hydrogen-bond acceptors (Lipinski definition) is 13. The third-order valence-corrected chi connectivity index (χ3v) is 7.82. The molecule has 1 fully saturated rings. The Hall–Kier alpha value is -1.07. The van der Waals surface area contributed by atoms with E-state index in [1.54, 1.807) is 0 Å². The van der Waals surface area contributed by atoms with Crippen LogP contribution in [-0.4, -0.2) is 74.2 Å². The normalized spacial score (nSPS) is 28.0. The number of aliphatic hydroxyl groups excluding tert-OH is 2. The first-order chi connectivity index (χ1) is 14.6. The number of rotatable bonds is 8. The Labute approximate surface area is 182 Å². The van der Waals surface area contributed by atoms with Crippen molar-refractivity contribution in [3.63, 3.8) is 0 Å². The summed E-state index contributed by atoms with van der Waals surface area (Å²) in [6.07, 6.45) is -5.05. The highest BCUT2D eigenvalue weighted by molar-refractivity contribution is 7.66. The van der Waals surface area contributed by atoms with Gasteiger partial charge in [0, 0.05) is 0 Å². The van der Waals surface area contributed by atoms with Crippen LogP contribution in [0.3, 0.4) is 0 Å². The van der Waals surface area contributed by atoms with Gasteiger partial charge in [-0.3, -0.25) is 9.09 Å². The van der Waals surface area contributed by atoms with Crippen LogP contribution < -0.4 is 5.73 Å². The van der Waals surface area contributed by atoms with Gasteiger partial charge in [-0.2, -0.15) is 18.6 Å². The number of hydrogen-bond donors (Lipinski definition) is 7. The highest BCUT2D eigenvalue weighted by Gasteiger charge is 2.47. The second-order valence-electron chi connectivity index (χ2n) is 6.13. The Kier molecular flexibility index (Phi) is 7.14. The minimum atomic E-state index is -5.72. The van der Waals surface area contributed by atoms with Crippen LogP contribution in [0.1, 0.15) is 6.23 Å². The van der Waals surface area contributed by atoms with Crippen LogP contribution in [0.5, 0.6) is 0 Å². The van der Waals surface area contributed by atoms with Crippen molar-refractivity contribution in [1.29, 1.82) is 0 Å². The second-order valence-corrected chi connectivity index (χ2v) is 10.9. The summed E-state index contributed by atoms with van der Waals surface area (Å²) in [4.78, 5) is 47.2. The van der Waals surface area contributed by atoms with E-state index in [1.165, 1.54) is 0 Å². The maximum absolute atomic E-state index is 11.8. The van der Waals surface area contributed by atoms with Crippen LogP contribution in [-0.2, 0) is 31.6 Å². The molecule has 2 aromatic heterocycles. The Balaban J connectivity index is 1.72. The summed E-state index contributed by atoms with van der Waals surface area (Å²) in [6, 6.07) is 0. The zero-order valence-electron chi connectivity index (χ0n) is 15.2. The standard InChI is InChI=1S/C10H15ClN5O13P3/c11-10-14-7(12)4-8(15-10)16(2-13-4)9-6(18)5(17)3(27-9)1-26-31(22,23)29-32(24,25)28-30(19,20)21/h2-3,5-6,9,17-18H,1H2,(H,22,23)(H,24,25)(H2,12,14,15)(H2,19,20,21)/t3-,5+,6-,9-/m1/s1. The monoisotopic (exact) mass is 541 g/mol. The fraction of sp³-hybridized carbons (Fsp3) is 0.500. The first kappa shape index (κ1) is 25.6. The van der Waals surface area contributed by atoms with Gasteiger partial charge in [-0.05, 0) is 11.6 Å². The molecule has 3 heterocycles. The molecule has 0 bridgehead atoms. The van der Waals surface area contributed by atoms with Gasteiger partial charge in [0.25, 0.3) is 0 Å². The number of phosphoric ester groups is 1. The van der Waals surface area contributed by atoms with Gasteiger partial charge in [-0.1, -0.05) is 0 Å². The number of nitrogens with zero attached hydrogens (tertiary/aromatic N) is 4. The molecule has 0 radical (unpaired) electrons. The van der Waals surface area contributed by atoms with Crippen molar-refractivity contribution in [2.45, 2.75) is 24.5 Å². The maximum atomic E-state index is 11.8. The van der Waals surface area contributed by atoms with Gasteiger partial charge in [-0.25, -0.2) is 18.7 Å². The first-order valence-corrected chi connectivity index (χ1v) is 12.9. The third-order valence-electron chi connectivity index (χ3n) is 3.85. The molecule has 0 aromatic carbocycles. The predicted molar refractivity (Wildman–Crippen MR) is 100 cm³/mol. The summed E-state index contributed by atoms with van der Waals surface area (Å²) in [5.74, 6) is -0.0732. The van der Waals surface area contributed by atoms with Gasteiger partial charge in [-0.15, -0.1) is 0 Å². The number of ether oxygens (including phenoxy) is 1. The molecule has 32 heavy (non-hydrogen) atoms. The molecule has 2 aromatic rings. The highest BCUT2D eigenvalue weighted by Crippen LogP contribution is 2.66. The van der Waals surface area contributed by atoms with Crippen molar-refractivity contribution in [3.8, 4) is 0 Å². The van der Waals surface area contributed by atoms with Crippen molar-refractivity contribution in [2.75, 3.05) is 12.3 Å². The molecule has 0 spiro atoms. The van der Waals surface area contributed by atoms with Gasteiger partial charge in [0.1, 0.15) is 23.8 Å². The number of halogens is 1. The topological polar surface area (TPSA) is 279 Å². The van der Waals surface area contributed by atoms with E-state index in [9.17, 15) is 28.8 Å². The van der Waals surface area contributed by atoms with Crippen LogP contribution >= 0.6 is 35.1 Å². The summed E-state index contributed by atoms with van der Waals surface area (Å²) in [7, 11) is -16.7. The summed E-state index contributed by atoms with van der Waals surface area (Å²) in [6.45, 7) is -0.983. The zero-order chi connectivity index (χ0) is 24.1. The SMILES string of the molecule is Nc1nc(Cl)nc2c1ncn2[C@@H]1O[C@H](COP(=O)(O)OP(=O)(O)OP(=O)(O)O)[C@H](O)[C@H]1O. The van der Waals surface area contributed by atoms with E-state index in [4.69, 9.17) is 36.8 Å². The van der Waals surface area contributed by atoms with Gasteiger partial charge in [0.15, 0.2) is 17.7 Å². The Bertz CT molecular complexity index is 1160. The lowest BCUT2D eigenvalue weighted by Gasteiger charge is -2.19. The quantitative estimate of drug-likeness (QED) is 0.156. The number of aromatic nitrogens is 4. The molecule has 3 rings (SSSR count). The van der Waals surface area contributed by atoms with Crippen LogP contribution in [0.4, 0.5) is 5.82 Å². The van der Waals surface area contributed by atoms with E-state index >= 15 is 0 Å². The van der Waals surface area contributed by atoms with Crippen molar-refractivity contribution in [3.05, 3.63) is 11.6 Å². The largest absolute Gasteiger partial charge is 0.490 e. The summed E-state index contributed by atoms with van der Waals surface area (Å²) < 4.78 is 51.9. The molecule has 2 unspecified atom stereocenters. The first-order valence-electron chi connectivity index (χ1n) is 8.04. The minimum absolute atomic E-state index is 0.0345. The van der Waals surface area contributed by atoms with Gasteiger partial charge in [0.05, 0.1) is 12.9 Å². The number of phosphoric acid groups is 3. The number of nitrogens with two attached hydrogens (primary N) is 1. The number of aliphatic hydroxyl groups is 2. The maximum Gasteiger partial charge on any atom is 0.490 e. The molecular formula is C10H15ClN5O13P3. The van der Waals surface area contributed by atoms with Gasteiger partial charge < -0.3 is 40.3 Å². The average molecular weight is 542 g/mol. The van der Waals surface area contributed by atoms with Gasteiger partial charge >= 0.3 is 23.5 Å². The third kappa shape index (κ3) is 5.88. The summed E-state index contributed by atoms with van der Waals surface area (Å²) >= 11 is 5.75. The molecule has 6 atom stereocenters. The molecule has 1 aliphatic heterocycles. The Morgan fingerprint density at radius 3 is 2.38 bits per heavy atom. The average Bonchev–Trinajstić information content (AvgIpc) is 3.12. The molecule has 0 aliphatic carbocycles. The number of fused-ring (bicyclic) bond motifs is 1. The lowest BCUT2D eigenvalue weighted by atomic mass is 10.1. The van der Waals surface area contributed by atoms with E-state index in [0.717, 1.165) is 10.9 Å². The molecule has 0 amide bonds. The van der Waals surface area contributed by atoms with Crippen molar-refractivity contribution in [2.24, 2.45) is 0 Å². The fourth-order valence-corrected chi connectivity index (χ4v) is 5.87. The van der Waals surface area contributed by atoms with Crippen molar-refractivity contribution < 1.29 is 61.4 Å². The molecule has 22 heteroatoms. The molecule has 1 saturated heterocycles. The lowest BCUT2D eigenvalue weighted by Crippen LogP contribution is -2.33. The molecule has 18 nitrogen and oxygen atoms in total. The van der Waals surface area contributed by atoms with Crippen molar-refractivity contribution >= 4 is 52.1 Å². The molecule has 0 saturated carbocycles. The molecule has 1 aliphatic rings. The number of anilines is 1. The second kappa shape index (κ2) is 8.94. The Morgan fingerprint density at radius 1 is 1.09 bits per heavy atom. The molecular weight excluding hydrogens is 527 g/mol. The summed E-state index contributed by atoms with van der Waals surface area (Å²) in [5, 5.41) is 20.2. The van der Waals surface area contributed by atoms with Crippen molar-refractivity contribution in [1.82, 2.24) is 19.5 Å². The van der Waals surface area contributed by atoms with E-state index < -0.39 is 54.6 Å². The minimum Gasteiger partial charge on any atom is -0.387 e. The lowest BCUT2D eigenvalue weighted by molar-refractivity contribution is -0.0503. The Morgan fingerprint density at radius 2 is 1.75 bits per heavy atom.